The van der Waals surface area contributed by atoms with Crippen LogP contribution in [0.15, 0.2) is 0 Å². The Balaban J connectivity index is 0.00000169. The van der Waals surface area contributed by atoms with E-state index in [0.29, 0.717) is 0 Å². The van der Waals surface area contributed by atoms with Gasteiger partial charge in [-0.15, -0.1) is 0 Å². The van der Waals surface area contributed by atoms with Gasteiger partial charge in [0.15, 0.2) is 0 Å². The van der Waals surface area contributed by atoms with Gasteiger partial charge in [0, 0.05) is 19.4 Å². The summed E-state index contributed by atoms with van der Waals surface area (Å²) in [5.74, 6) is 3.14. The molecular weight excluding hydrogens is 219 g/mol. The number of nitrogens with zero attached hydrogens (tertiary/aromatic N) is 1. The minimum absolute atomic E-state index is 0. The Kier molecular flexibility index (Phi) is 7.33. The second-order valence-electron chi connectivity index (χ2n) is 2.49. The van der Waals surface area contributed by atoms with E-state index in [1.807, 2.05) is 0 Å². The van der Waals surface area contributed by atoms with E-state index < -0.39 is 6.05 Å². The number of hydrogen-bond donors (Lipinski definition) is 0. The van der Waals surface area contributed by atoms with Crippen LogP contribution in [-0.2, 0) is 9.53 Å². The van der Waals surface area contributed by atoms with Crippen molar-refractivity contribution in [2.75, 3.05) is 26.3 Å². The van der Waals surface area contributed by atoms with Crippen LogP contribution in [0.1, 0.15) is 0 Å². The summed E-state index contributed by atoms with van der Waals surface area (Å²) < 4.78 is 30.9. The fourth-order valence-corrected chi connectivity index (χ4v) is 1.02. The maximum Gasteiger partial charge on any atom is 1.00 e. The molecule has 0 aromatic heterocycles. The third kappa shape index (κ3) is 4.44. The van der Waals surface area contributed by atoms with Gasteiger partial charge in [0.2, 0.25) is 0 Å². The summed E-state index contributed by atoms with van der Waals surface area (Å²) in [6.07, 6.45) is 1.11. The maximum atomic E-state index is 13.0. The average molecular weight is 227 g/mol. The van der Waals surface area contributed by atoms with Crippen LogP contribution in [0.3, 0.4) is 0 Å². The van der Waals surface area contributed by atoms with Crippen molar-refractivity contribution in [3.05, 3.63) is 0 Å². The largest absolute Gasteiger partial charge is 1.00 e. The summed E-state index contributed by atoms with van der Waals surface area (Å²) in [5, 5.41) is 0. The van der Waals surface area contributed by atoms with Crippen molar-refractivity contribution in [3.63, 3.8) is 0 Å². The van der Waals surface area contributed by atoms with Crippen LogP contribution < -0.4 is 51.4 Å². The molecular formula is C8H8F2KNO2. The predicted molar refractivity (Wildman–Crippen MR) is 40.8 cm³/mol. The molecule has 0 aliphatic carbocycles. The first-order valence-electron chi connectivity index (χ1n) is 3.77. The quantitative estimate of drug-likeness (QED) is 0.207. The van der Waals surface area contributed by atoms with Crippen LogP contribution in [0, 0.1) is 11.8 Å². The van der Waals surface area contributed by atoms with Gasteiger partial charge >= 0.3 is 51.4 Å². The van der Waals surface area contributed by atoms with Crippen LogP contribution in [-0.4, -0.2) is 43.5 Å². The van der Waals surface area contributed by atoms with Gasteiger partial charge in [-0.1, -0.05) is 0 Å². The SMILES string of the molecule is O=[C-]C#CC(F)(F)N1CCOCC1.[K+]. The molecule has 1 rings (SSSR count). The molecule has 1 aliphatic heterocycles. The summed E-state index contributed by atoms with van der Waals surface area (Å²) >= 11 is 0. The summed E-state index contributed by atoms with van der Waals surface area (Å²) in [7, 11) is 0. The molecule has 0 bridgehead atoms. The number of hydrogen-bond acceptors (Lipinski definition) is 3. The Morgan fingerprint density at radius 2 is 1.93 bits per heavy atom. The standard InChI is InChI=1S/C8H8F2NO2.K/c9-8(10,2-1-5-12)11-3-6-13-7-4-11;/h3-4,6-7H2;/q-1;+1. The molecule has 1 aliphatic rings. The van der Waals surface area contributed by atoms with Gasteiger partial charge < -0.3 is 9.53 Å². The number of ether oxygens (including phenoxy) is 1. The van der Waals surface area contributed by atoms with Crippen LogP contribution in [0.25, 0.3) is 0 Å². The Morgan fingerprint density at radius 1 is 1.36 bits per heavy atom. The molecule has 0 radical (unpaired) electrons. The molecule has 0 amide bonds. The van der Waals surface area contributed by atoms with E-state index in [0.717, 1.165) is 11.2 Å². The van der Waals surface area contributed by atoms with Crippen LogP contribution >= 0.6 is 0 Å². The second-order valence-corrected chi connectivity index (χ2v) is 2.49. The van der Waals surface area contributed by atoms with E-state index in [4.69, 9.17) is 4.74 Å². The molecule has 1 saturated heterocycles. The Hall–Kier alpha value is 0.646. The third-order valence-electron chi connectivity index (χ3n) is 1.67. The maximum absolute atomic E-state index is 13.0. The zero-order chi connectivity index (χ0) is 9.73. The number of morpholine rings is 1. The topological polar surface area (TPSA) is 29.5 Å². The molecule has 1 fully saturated rings. The van der Waals surface area contributed by atoms with E-state index >= 15 is 0 Å². The van der Waals surface area contributed by atoms with Crippen LogP contribution in [0.4, 0.5) is 8.78 Å². The van der Waals surface area contributed by atoms with E-state index in [2.05, 4.69) is 0 Å². The van der Waals surface area contributed by atoms with Crippen LogP contribution in [0.5, 0.6) is 0 Å². The zero-order valence-electron chi connectivity index (χ0n) is 7.85. The smallest absolute Gasteiger partial charge is 0.409 e. The molecule has 3 nitrogen and oxygen atoms in total. The minimum Gasteiger partial charge on any atom is -0.409 e. The summed E-state index contributed by atoms with van der Waals surface area (Å²) in [6.45, 7) is 0.783. The monoisotopic (exact) mass is 227 g/mol. The molecule has 14 heavy (non-hydrogen) atoms. The van der Waals surface area contributed by atoms with E-state index in [1.54, 1.807) is 11.8 Å². The van der Waals surface area contributed by atoms with Crippen molar-refractivity contribution in [1.29, 1.82) is 0 Å². The Morgan fingerprint density at radius 3 is 2.43 bits per heavy atom. The molecule has 0 aromatic rings. The number of halogens is 2. The van der Waals surface area contributed by atoms with E-state index in [-0.39, 0.29) is 77.7 Å². The van der Waals surface area contributed by atoms with Gasteiger partial charge in [0.05, 0.1) is 13.2 Å². The third-order valence-corrected chi connectivity index (χ3v) is 1.67. The normalized spacial score (nSPS) is 17.6. The summed E-state index contributed by atoms with van der Waals surface area (Å²) in [4.78, 5) is 10.5. The molecule has 0 saturated carbocycles. The van der Waals surface area contributed by atoms with Gasteiger partial charge in [0.1, 0.15) is 0 Å². The zero-order valence-corrected chi connectivity index (χ0v) is 11.0. The fourth-order valence-electron chi connectivity index (χ4n) is 1.02. The van der Waals surface area contributed by atoms with E-state index in [1.165, 1.54) is 0 Å². The number of rotatable bonds is 1. The van der Waals surface area contributed by atoms with Crippen molar-refractivity contribution in [2.24, 2.45) is 0 Å². The first-order valence-corrected chi connectivity index (χ1v) is 3.77. The molecule has 0 aromatic carbocycles. The number of carbonyl (C=O) groups excluding carboxylic acids is 1. The van der Waals surface area contributed by atoms with Gasteiger partial charge in [-0.25, -0.2) is 10.8 Å². The predicted octanol–water partition coefficient (Wildman–Crippen LogP) is -2.97. The molecule has 0 N–H and O–H groups in total. The number of alkyl halides is 2. The van der Waals surface area contributed by atoms with Gasteiger partial charge in [0.25, 0.3) is 6.05 Å². The fraction of sp³-hybridized carbons (Fsp3) is 0.625. The molecule has 0 unspecified atom stereocenters. The van der Waals surface area contributed by atoms with Crippen molar-refractivity contribution in [2.45, 2.75) is 6.05 Å². The van der Waals surface area contributed by atoms with Crippen molar-refractivity contribution in [3.8, 4) is 11.8 Å². The van der Waals surface area contributed by atoms with E-state index in [9.17, 15) is 13.6 Å². The first-order chi connectivity index (χ1) is 6.17. The molecule has 72 valence electrons. The molecule has 1 heterocycles. The summed E-state index contributed by atoms with van der Waals surface area (Å²) in [6, 6.07) is -3.25. The first kappa shape index (κ1) is 14.6. The Bertz CT molecular complexity index is 243. The van der Waals surface area contributed by atoms with Gasteiger partial charge in [-0.3, -0.25) is 5.92 Å². The molecule has 0 spiro atoms. The minimum atomic E-state index is -3.25. The van der Waals surface area contributed by atoms with Gasteiger partial charge in [-0.2, -0.15) is 8.78 Å². The summed E-state index contributed by atoms with van der Waals surface area (Å²) in [5.41, 5.74) is 0. The molecule has 6 heteroatoms. The average Bonchev–Trinajstić information content (AvgIpc) is 2.16. The van der Waals surface area contributed by atoms with Crippen LogP contribution in [0.2, 0.25) is 0 Å². The molecule has 0 atom stereocenters. The van der Waals surface area contributed by atoms with Crippen molar-refractivity contribution < 1.29 is 69.7 Å². The van der Waals surface area contributed by atoms with Crippen molar-refractivity contribution >= 4 is 6.29 Å². The Labute approximate surface area is 124 Å². The van der Waals surface area contributed by atoms with Crippen molar-refractivity contribution in [1.82, 2.24) is 4.90 Å². The second kappa shape index (κ2) is 7.01. The van der Waals surface area contributed by atoms with Gasteiger partial charge in [-0.05, 0) is 0 Å².